The Hall–Kier alpha value is -1.96. The first-order valence-corrected chi connectivity index (χ1v) is 10.5. The van der Waals surface area contributed by atoms with Crippen molar-refractivity contribution in [3.05, 3.63) is 35.9 Å². The summed E-state index contributed by atoms with van der Waals surface area (Å²) in [6.07, 6.45) is 1.61. The molecule has 2 heterocycles. The van der Waals surface area contributed by atoms with E-state index in [2.05, 4.69) is 9.62 Å². The first kappa shape index (κ1) is 17.5. The maximum atomic E-state index is 13.0. The van der Waals surface area contributed by atoms with E-state index in [9.17, 15) is 13.2 Å². The van der Waals surface area contributed by atoms with Crippen LogP contribution < -0.4 is 9.62 Å². The lowest BCUT2D eigenvalue weighted by molar-refractivity contribution is 0.0994. The quantitative estimate of drug-likeness (QED) is 0.892. The fourth-order valence-corrected chi connectivity index (χ4v) is 5.49. The largest absolute Gasteiger partial charge is 0.308 e. The molecule has 0 bridgehead atoms. The summed E-state index contributed by atoms with van der Waals surface area (Å²) in [7, 11) is -1.60. The van der Waals surface area contributed by atoms with E-state index in [1.54, 1.807) is 35.2 Å². The zero-order valence-corrected chi connectivity index (χ0v) is 15.8. The van der Waals surface area contributed by atoms with Crippen LogP contribution in [-0.4, -0.2) is 51.9 Å². The molecule has 0 atom stereocenters. The number of anilines is 1. The number of rotatable bonds is 4. The van der Waals surface area contributed by atoms with E-state index in [0.29, 0.717) is 17.5 Å². The maximum absolute atomic E-state index is 13.0. The van der Waals surface area contributed by atoms with Crippen LogP contribution >= 0.6 is 0 Å². The highest BCUT2D eigenvalue weighted by Crippen LogP contribution is 2.40. The van der Waals surface area contributed by atoms with Crippen molar-refractivity contribution in [2.75, 3.05) is 31.6 Å². The van der Waals surface area contributed by atoms with E-state index < -0.39 is 10.0 Å². The van der Waals surface area contributed by atoms with Crippen LogP contribution in [0.1, 0.15) is 30.1 Å². The van der Waals surface area contributed by atoms with Gasteiger partial charge in [0.15, 0.2) is 0 Å². The van der Waals surface area contributed by atoms with Crippen LogP contribution in [0, 0.1) is 0 Å². The van der Waals surface area contributed by atoms with Gasteiger partial charge in [0.2, 0.25) is 10.0 Å². The molecule has 2 aliphatic rings. The van der Waals surface area contributed by atoms with E-state index >= 15 is 0 Å². The van der Waals surface area contributed by atoms with Crippen molar-refractivity contribution in [2.45, 2.75) is 30.7 Å². The molecule has 0 radical (unpaired) electrons. The second-order valence-electron chi connectivity index (χ2n) is 7.06. The molecular weight excluding hydrogens is 350 g/mol. The molecule has 138 valence electrons. The van der Waals surface area contributed by atoms with Crippen LogP contribution in [0.25, 0.3) is 10.8 Å². The van der Waals surface area contributed by atoms with E-state index in [4.69, 9.17) is 0 Å². The molecule has 0 aliphatic carbocycles. The van der Waals surface area contributed by atoms with Crippen LogP contribution in [0.5, 0.6) is 0 Å². The van der Waals surface area contributed by atoms with Crippen molar-refractivity contribution >= 4 is 32.4 Å². The van der Waals surface area contributed by atoms with E-state index in [1.807, 2.05) is 14.0 Å². The zero-order valence-electron chi connectivity index (χ0n) is 15.0. The van der Waals surface area contributed by atoms with Crippen molar-refractivity contribution in [3.63, 3.8) is 0 Å². The fraction of sp³-hybridized carbons (Fsp3) is 0.421. The smallest absolute Gasteiger partial charge is 0.258 e. The Morgan fingerprint density at radius 2 is 1.88 bits per heavy atom. The van der Waals surface area contributed by atoms with Crippen LogP contribution in [0.3, 0.4) is 0 Å². The Bertz CT molecular complexity index is 979. The van der Waals surface area contributed by atoms with E-state index in [1.165, 1.54) is 0 Å². The number of piperidine rings is 1. The molecule has 1 fully saturated rings. The van der Waals surface area contributed by atoms with E-state index in [0.717, 1.165) is 37.0 Å². The first-order chi connectivity index (χ1) is 12.4. The second-order valence-corrected chi connectivity index (χ2v) is 8.74. The number of carbonyl (C=O) groups is 1. The lowest BCUT2D eigenvalue weighted by Crippen LogP contribution is -2.43. The van der Waals surface area contributed by atoms with Gasteiger partial charge in [-0.1, -0.05) is 12.1 Å². The van der Waals surface area contributed by atoms with Crippen molar-refractivity contribution < 1.29 is 13.2 Å². The molecule has 2 aromatic rings. The molecule has 1 amide bonds. The molecule has 0 saturated carbocycles. The lowest BCUT2D eigenvalue weighted by atomic mass is 10.1. The topological polar surface area (TPSA) is 69.7 Å². The predicted molar refractivity (Wildman–Crippen MR) is 102 cm³/mol. The molecule has 0 spiro atoms. The summed E-state index contributed by atoms with van der Waals surface area (Å²) in [5, 5.41) is 1.36. The van der Waals surface area contributed by atoms with Gasteiger partial charge in [-0.25, -0.2) is 13.1 Å². The van der Waals surface area contributed by atoms with Crippen molar-refractivity contribution in [3.8, 4) is 0 Å². The number of nitrogens with one attached hydrogen (secondary N) is 1. The summed E-state index contributed by atoms with van der Waals surface area (Å²) in [6.45, 7) is 4.25. The first-order valence-electron chi connectivity index (χ1n) is 9.01. The number of hydrogen-bond donors (Lipinski definition) is 1. The Kier molecular flexibility index (Phi) is 4.25. The lowest BCUT2D eigenvalue weighted by Gasteiger charge is -2.29. The molecule has 6 nitrogen and oxygen atoms in total. The van der Waals surface area contributed by atoms with Crippen LogP contribution in [0.2, 0.25) is 0 Å². The number of likely N-dealkylation sites (tertiary alicyclic amines) is 1. The normalized spacial score (nSPS) is 18.8. The van der Waals surface area contributed by atoms with Crippen LogP contribution in [0.15, 0.2) is 35.2 Å². The molecular formula is C19H23N3O3S. The fourth-order valence-electron chi connectivity index (χ4n) is 3.98. The number of nitrogens with zero attached hydrogens (tertiary/aromatic N) is 2. The third kappa shape index (κ3) is 2.71. The molecule has 2 aromatic carbocycles. The number of benzene rings is 2. The Morgan fingerprint density at radius 1 is 1.15 bits per heavy atom. The van der Waals surface area contributed by atoms with Gasteiger partial charge in [-0.15, -0.1) is 0 Å². The van der Waals surface area contributed by atoms with Gasteiger partial charge in [-0.3, -0.25) is 4.79 Å². The van der Waals surface area contributed by atoms with Gasteiger partial charge in [0.05, 0.1) is 10.6 Å². The summed E-state index contributed by atoms with van der Waals surface area (Å²) in [4.78, 5) is 16.7. The molecule has 26 heavy (non-hydrogen) atoms. The number of carbonyl (C=O) groups excluding carboxylic acids is 1. The minimum atomic E-state index is -3.65. The standard InChI is InChI=1S/C19H23N3O3S/c1-3-22-16-7-8-17(14-5-4-6-15(18(14)16)19(22)23)26(24,25)20-13-9-11-21(2)12-10-13/h4-8,13,20H,3,9-12H2,1-2H3. The highest BCUT2D eigenvalue weighted by Gasteiger charge is 2.32. The maximum Gasteiger partial charge on any atom is 0.258 e. The van der Waals surface area contributed by atoms with Crippen LogP contribution in [0.4, 0.5) is 5.69 Å². The van der Waals surface area contributed by atoms with Gasteiger partial charge < -0.3 is 9.80 Å². The second kappa shape index (κ2) is 6.33. The third-order valence-corrected chi connectivity index (χ3v) is 6.97. The van der Waals surface area contributed by atoms with Crippen molar-refractivity contribution in [1.82, 2.24) is 9.62 Å². The SMILES string of the molecule is CCN1C(=O)c2cccc3c(S(=O)(=O)NC4CCN(C)CC4)ccc1c23. The van der Waals surface area contributed by atoms with Gasteiger partial charge in [0.25, 0.3) is 5.91 Å². The summed E-state index contributed by atoms with van der Waals surface area (Å²) >= 11 is 0. The molecule has 0 aromatic heterocycles. The molecule has 2 aliphatic heterocycles. The third-order valence-electron chi connectivity index (χ3n) is 5.39. The summed E-state index contributed by atoms with van der Waals surface area (Å²) in [5.74, 6) is -0.0640. The zero-order chi connectivity index (χ0) is 18.5. The van der Waals surface area contributed by atoms with Crippen molar-refractivity contribution in [1.29, 1.82) is 0 Å². The highest BCUT2D eigenvalue weighted by atomic mass is 32.2. The summed E-state index contributed by atoms with van der Waals surface area (Å²) in [5.41, 5.74) is 1.37. The van der Waals surface area contributed by atoms with Gasteiger partial charge in [0.1, 0.15) is 0 Å². The van der Waals surface area contributed by atoms with Crippen molar-refractivity contribution in [2.24, 2.45) is 0 Å². The predicted octanol–water partition coefficient (Wildman–Crippen LogP) is 2.19. The van der Waals surface area contributed by atoms with Gasteiger partial charge in [-0.05, 0) is 58.1 Å². The average molecular weight is 373 g/mol. The summed E-state index contributed by atoms with van der Waals surface area (Å²) < 4.78 is 29.0. The van der Waals surface area contributed by atoms with Crippen LogP contribution in [-0.2, 0) is 10.0 Å². The Morgan fingerprint density at radius 3 is 2.58 bits per heavy atom. The average Bonchev–Trinajstić information content (AvgIpc) is 2.90. The van der Waals surface area contributed by atoms with E-state index in [-0.39, 0.29) is 16.8 Å². The number of amides is 1. The number of hydrogen-bond acceptors (Lipinski definition) is 4. The molecule has 0 unspecified atom stereocenters. The van der Waals surface area contributed by atoms with Gasteiger partial charge >= 0.3 is 0 Å². The minimum Gasteiger partial charge on any atom is -0.308 e. The molecule has 4 rings (SSSR count). The Balaban J connectivity index is 1.76. The summed E-state index contributed by atoms with van der Waals surface area (Å²) in [6, 6.07) is 8.65. The minimum absolute atomic E-state index is 0.0481. The molecule has 7 heteroatoms. The Labute approximate surface area is 153 Å². The highest BCUT2D eigenvalue weighted by molar-refractivity contribution is 7.89. The van der Waals surface area contributed by atoms with Gasteiger partial charge in [0, 0.05) is 28.9 Å². The number of sulfonamides is 1. The van der Waals surface area contributed by atoms with Gasteiger partial charge in [-0.2, -0.15) is 0 Å². The molecule has 1 saturated heterocycles. The molecule has 1 N–H and O–H groups in total. The monoisotopic (exact) mass is 373 g/mol.